The van der Waals surface area contributed by atoms with Crippen LogP contribution < -0.4 is 41.4 Å². The maximum absolute atomic E-state index is 13.8. The first-order chi connectivity index (χ1) is 34.1. The molecule has 0 saturated heterocycles. The molecule has 0 saturated carbocycles. The number of fused-ring (bicyclic) bond motifs is 4. The monoisotopic (exact) mass is 928 g/mol. The summed E-state index contributed by atoms with van der Waals surface area (Å²) in [6, 6.07) is 42.3. The lowest BCUT2D eigenvalue weighted by atomic mass is 9.96. The van der Waals surface area contributed by atoms with E-state index in [4.69, 9.17) is 46.6 Å². The normalized spacial score (nSPS) is 11.4. The minimum Gasteiger partial charge on any atom is -0.493 e. The van der Waals surface area contributed by atoms with E-state index in [0.29, 0.717) is 66.8 Å². The van der Waals surface area contributed by atoms with Gasteiger partial charge in [0, 0.05) is 21.5 Å². The summed E-state index contributed by atoms with van der Waals surface area (Å²) in [5.74, 6) is 1.57. The van der Waals surface area contributed by atoms with E-state index in [9.17, 15) is 19.2 Å². The van der Waals surface area contributed by atoms with Gasteiger partial charge in [-0.3, -0.25) is 0 Å². The molecule has 0 radical (unpaired) electrons. The van der Waals surface area contributed by atoms with Gasteiger partial charge in [-0.05, 0) is 95.1 Å². The maximum atomic E-state index is 13.8. The highest BCUT2D eigenvalue weighted by molar-refractivity contribution is 5.91. The fourth-order valence-corrected chi connectivity index (χ4v) is 8.63. The van der Waals surface area contributed by atoms with Crippen LogP contribution in [0.5, 0.6) is 23.0 Å². The highest BCUT2D eigenvalue weighted by atomic mass is 16.5. The first-order valence-electron chi connectivity index (χ1n) is 21.7. The molecule has 14 nitrogen and oxygen atoms in total. The van der Waals surface area contributed by atoms with Gasteiger partial charge in [-0.2, -0.15) is 0 Å². The molecule has 11 aromatic rings. The van der Waals surface area contributed by atoms with Crippen LogP contribution in [-0.2, 0) is 0 Å². The highest BCUT2D eigenvalue weighted by Crippen LogP contribution is 2.37. The van der Waals surface area contributed by atoms with Crippen LogP contribution in [0.4, 0.5) is 0 Å². The molecule has 342 valence electrons. The number of ether oxygens (including phenoxy) is 4. The van der Waals surface area contributed by atoms with Gasteiger partial charge < -0.3 is 36.6 Å². The molecular formula is C56H36N2O12. The minimum atomic E-state index is -0.665. The summed E-state index contributed by atoms with van der Waals surface area (Å²) >= 11 is 0. The number of para-hydroxylation sites is 4. The van der Waals surface area contributed by atoms with Crippen molar-refractivity contribution in [3.05, 3.63) is 187 Å². The zero-order valence-corrected chi connectivity index (χ0v) is 37.6. The van der Waals surface area contributed by atoms with E-state index >= 15 is 0 Å². The summed E-state index contributed by atoms with van der Waals surface area (Å²) in [7, 11) is 5.96. The third kappa shape index (κ3) is 7.49. The minimum absolute atomic E-state index is 0.150. The second-order valence-corrected chi connectivity index (χ2v) is 16.1. The fourth-order valence-electron chi connectivity index (χ4n) is 8.63. The van der Waals surface area contributed by atoms with E-state index in [1.807, 2.05) is 24.3 Å². The maximum Gasteiger partial charge on any atom is 0.345 e. The van der Waals surface area contributed by atoms with E-state index < -0.39 is 22.5 Å². The van der Waals surface area contributed by atoms with Crippen LogP contribution in [0.3, 0.4) is 0 Å². The van der Waals surface area contributed by atoms with Crippen molar-refractivity contribution in [3.8, 4) is 90.3 Å². The van der Waals surface area contributed by atoms with Gasteiger partial charge >= 0.3 is 22.5 Å². The summed E-state index contributed by atoms with van der Waals surface area (Å²) in [5.41, 5.74) is 2.59. The van der Waals surface area contributed by atoms with E-state index in [2.05, 4.69) is 0 Å². The van der Waals surface area contributed by atoms with Gasteiger partial charge in [0.25, 0.3) is 0 Å². The molecule has 6 aromatic heterocycles. The smallest absolute Gasteiger partial charge is 0.345 e. The molecule has 0 N–H and O–H groups in total. The van der Waals surface area contributed by atoms with E-state index in [-0.39, 0.29) is 67.4 Å². The molecule has 0 unspecified atom stereocenters. The lowest BCUT2D eigenvalue weighted by Gasteiger charge is -2.13. The number of benzene rings is 5. The van der Waals surface area contributed by atoms with E-state index in [0.717, 1.165) is 0 Å². The Bertz CT molecular complexity index is 3660. The topological polar surface area (TPSA) is 184 Å². The summed E-state index contributed by atoms with van der Waals surface area (Å²) in [6.45, 7) is 0. The van der Waals surface area contributed by atoms with E-state index in [1.165, 1.54) is 28.4 Å². The Hall–Kier alpha value is -9.56. The highest BCUT2D eigenvalue weighted by Gasteiger charge is 2.21. The molecule has 0 fully saturated rings. The second-order valence-electron chi connectivity index (χ2n) is 16.1. The molecule has 0 bridgehead atoms. The van der Waals surface area contributed by atoms with Crippen LogP contribution >= 0.6 is 0 Å². The molecule has 0 aliphatic rings. The molecule has 0 aliphatic carbocycles. The molecule has 6 heterocycles. The van der Waals surface area contributed by atoms with E-state index in [1.54, 1.807) is 121 Å². The van der Waals surface area contributed by atoms with Gasteiger partial charge in [0.15, 0.2) is 45.3 Å². The predicted octanol–water partition coefficient (Wildman–Crippen LogP) is 10.9. The van der Waals surface area contributed by atoms with Crippen LogP contribution in [-0.4, -0.2) is 38.4 Å². The van der Waals surface area contributed by atoms with Gasteiger partial charge in [0.05, 0.1) is 73.5 Å². The molecule has 11 rings (SSSR count). The van der Waals surface area contributed by atoms with Crippen LogP contribution in [0.2, 0.25) is 0 Å². The Morgan fingerprint density at radius 1 is 0.314 bits per heavy atom. The summed E-state index contributed by atoms with van der Waals surface area (Å²) < 4.78 is 45.1. The fraction of sp³-hybridized carbons (Fsp3) is 0.0714. The number of nitrogens with zero attached hydrogens (tertiary/aromatic N) is 2. The van der Waals surface area contributed by atoms with Crippen LogP contribution in [0.25, 0.3) is 111 Å². The van der Waals surface area contributed by atoms with Gasteiger partial charge in [-0.15, -0.1) is 0 Å². The standard InChI is InChI=1S/C56H36N2O12/c1-63-45-13-5-9-31-21-37(53(59)67-49(31)45)41-25-35(26-42(57-41)38-22-32-10-6-14-46(64-2)50(32)68-54(38)60)29-17-19-30(20-18-29)36-27-43(39-23-33-11-7-15-47(65-3)51(33)69-55(39)61)58-44(28-36)40-24-34-12-8-16-48(66-4)52(34)70-56(40)62/h5-28H,1-4H3. The number of aromatic nitrogens is 2. The number of rotatable bonds is 10. The lowest BCUT2D eigenvalue weighted by molar-refractivity contribution is 0.407. The molecule has 14 heteroatoms. The molecule has 0 amide bonds. The molecule has 70 heavy (non-hydrogen) atoms. The second kappa shape index (κ2) is 17.3. The number of methoxy groups -OCH3 is 4. The average Bonchev–Trinajstić information content (AvgIpc) is 3.39. The van der Waals surface area contributed by atoms with Crippen LogP contribution in [0, 0.1) is 0 Å². The Labute approximate surface area is 395 Å². The van der Waals surface area contributed by atoms with Crippen molar-refractivity contribution in [1.82, 2.24) is 9.97 Å². The van der Waals surface area contributed by atoms with Gasteiger partial charge in [0.2, 0.25) is 0 Å². The van der Waals surface area contributed by atoms with Crippen molar-refractivity contribution in [1.29, 1.82) is 0 Å². The molecule has 0 atom stereocenters. The quantitative estimate of drug-likeness (QED) is 0.118. The molecular weight excluding hydrogens is 893 g/mol. The van der Waals surface area contributed by atoms with Crippen molar-refractivity contribution >= 4 is 43.9 Å². The Morgan fingerprint density at radius 2 is 0.557 bits per heavy atom. The van der Waals surface area contributed by atoms with Crippen molar-refractivity contribution in [2.24, 2.45) is 0 Å². The largest absolute Gasteiger partial charge is 0.493 e. The third-order valence-corrected chi connectivity index (χ3v) is 12.1. The Morgan fingerprint density at radius 3 is 0.786 bits per heavy atom. The summed E-state index contributed by atoms with van der Waals surface area (Å²) in [6.07, 6.45) is 0. The first-order valence-corrected chi connectivity index (χ1v) is 21.7. The van der Waals surface area contributed by atoms with Gasteiger partial charge in [0.1, 0.15) is 0 Å². The van der Waals surface area contributed by atoms with Crippen molar-refractivity contribution < 1.29 is 36.6 Å². The zero-order valence-electron chi connectivity index (χ0n) is 37.6. The lowest BCUT2D eigenvalue weighted by Crippen LogP contribution is -2.08. The SMILES string of the molecule is COc1cccc2cc(-c3cc(-c4ccc(-c5cc(-c6cc7cccc(OC)c7oc6=O)nc(-c6cc7cccc(OC)c7oc6=O)c5)cc4)cc(-c4cc5cccc(OC)c5oc4=O)n3)c(=O)oc12. The van der Waals surface area contributed by atoms with Crippen molar-refractivity contribution in [2.45, 2.75) is 0 Å². The van der Waals surface area contributed by atoms with Crippen LogP contribution in [0.1, 0.15) is 0 Å². The van der Waals surface area contributed by atoms with Crippen molar-refractivity contribution in [3.63, 3.8) is 0 Å². The Balaban J connectivity index is 1.08. The van der Waals surface area contributed by atoms with Crippen molar-refractivity contribution in [2.75, 3.05) is 28.4 Å². The average molecular weight is 929 g/mol. The molecule has 5 aromatic carbocycles. The number of hydrogen-bond acceptors (Lipinski definition) is 14. The predicted molar refractivity (Wildman–Crippen MR) is 265 cm³/mol. The Kier molecular flexibility index (Phi) is 10.6. The zero-order chi connectivity index (χ0) is 48.2. The van der Waals surface area contributed by atoms with Crippen LogP contribution in [0.15, 0.2) is 182 Å². The summed E-state index contributed by atoms with van der Waals surface area (Å²) in [5, 5.41) is 2.40. The molecule has 0 aliphatic heterocycles. The number of hydrogen-bond donors (Lipinski definition) is 0. The first kappa shape index (κ1) is 43.0. The summed E-state index contributed by atoms with van der Waals surface area (Å²) in [4.78, 5) is 64.8. The molecule has 0 spiro atoms. The van der Waals surface area contributed by atoms with Gasteiger partial charge in [-0.1, -0.05) is 72.8 Å². The third-order valence-electron chi connectivity index (χ3n) is 12.1. The van der Waals surface area contributed by atoms with Gasteiger partial charge in [-0.25, -0.2) is 29.1 Å². The number of pyridine rings is 2.